The van der Waals surface area contributed by atoms with E-state index >= 15 is 0 Å². The first-order valence-corrected chi connectivity index (χ1v) is 10.5. The van der Waals surface area contributed by atoms with Gasteiger partial charge < -0.3 is 10.2 Å². The fourth-order valence-electron chi connectivity index (χ4n) is 4.15. The van der Waals surface area contributed by atoms with E-state index in [1.807, 2.05) is 11.8 Å². The predicted octanol–water partition coefficient (Wildman–Crippen LogP) is 1.21. The van der Waals surface area contributed by atoms with Gasteiger partial charge in [0.05, 0.1) is 5.25 Å². The molecule has 3 rings (SSSR count). The summed E-state index contributed by atoms with van der Waals surface area (Å²) in [7, 11) is -3.31. The number of piperazine rings is 1. The first-order valence-electron chi connectivity index (χ1n) is 8.99. The van der Waals surface area contributed by atoms with Gasteiger partial charge in [-0.05, 0) is 32.6 Å². The average Bonchev–Trinajstić information content (AvgIpc) is 3.09. The normalized spacial score (nSPS) is 30.1. The highest BCUT2D eigenvalue weighted by Crippen LogP contribution is 2.29. The molecule has 0 aromatic rings. The first-order chi connectivity index (χ1) is 11.0. The molecule has 3 aliphatic rings. The third kappa shape index (κ3) is 4.23. The smallest absolute Gasteiger partial charge is 0.225 e. The van der Waals surface area contributed by atoms with E-state index in [-0.39, 0.29) is 30.3 Å². The lowest BCUT2D eigenvalue weighted by molar-refractivity contribution is -0.136. The van der Waals surface area contributed by atoms with Crippen LogP contribution in [0.2, 0.25) is 0 Å². The second kappa shape index (κ2) is 8.34. The molecular formula is C16H30ClN3O3S. The van der Waals surface area contributed by atoms with Gasteiger partial charge in [-0.1, -0.05) is 12.8 Å². The highest BCUT2D eigenvalue weighted by atomic mass is 35.5. The Hall–Kier alpha value is -0.370. The monoisotopic (exact) mass is 379 g/mol. The lowest BCUT2D eigenvalue weighted by Crippen LogP contribution is -2.56. The van der Waals surface area contributed by atoms with E-state index < -0.39 is 15.3 Å². The molecule has 0 bridgehead atoms. The maximum absolute atomic E-state index is 12.9. The minimum absolute atomic E-state index is 0. The van der Waals surface area contributed by atoms with E-state index in [4.69, 9.17) is 0 Å². The number of carbonyl (C=O) groups excluding carboxylic acids is 1. The van der Waals surface area contributed by atoms with Crippen LogP contribution in [0.15, 0.2) is 0 Å². The molecule has 2 atom stereocenters. The van der Waals surface area contributed by atoms with Crippen LogP contribution in [-0.2, 0) is 14.8 Å². The van der Waals surface area contributed by atoms with Crippen molar-refractivity contribution in [2.45, 2.75) is 56.7 Å². The number of halogens is 1. The number of hydrogen-bond acceptors (Lipinski definition) is 4. The zero-order chi connectivity index (χ0) is 16.4. The van der Waals surface area contributed by atoms with Crippen molar-refractivity contribution in [3.8, 4) is 0 Å². The molecule has 8 heteroatoms. The van der Waals surface area contributed by atoms with Crippen molar-refractivity contribution in [2.24, 2.45) is 5.92 Å². The number of nitrogens with zero attached hydrogens (tertiary/aromatic N) is 2. The van der Waals surface area contributed by atoms with E-state index in [1.165, 1.54) is 0 Å². The highest BCUT2D eigenvalue weighted by Gasteiger charge is 2.39. The van der Waals surface area contributed by atoms with Crippen LogP contribution in [0.25, 0.3) is 0 Å². The summed E-state index contributed by atoms with van der Waals surface area (Å²) in [4.78, 5) is 14.4. The highest BCUT2D eigenvalue weighted by molar-refractivity contribution is 7.89. The van der Waals surface area contributed by atoms with Crippen molar-refractivity contribution in [3.05, 3.63) is 0 Å². The number of amides is 1. The molecule has 6 nitrogen and oxygen atoms in total. The summed E-state index contributed by atoms with van der Waals surface area (Å²) in [5.41, 5.74) is 0. The molecule has 0 spiro atoms. The molecule has 2 heterocycles. The summed E-state index contributed by atoms with van der Waals surface area (Å²) in [6.45, 7) is 4.90. The van der Waals surface area contributed by atoms with Crippen LogP contribution >= 0.6 is 12.4 Å². The van der Waals surface area contributed by atoms with Crippen molar-refractivity contribution in [1.29, 1.82) is 0 Å². The Morgan fingerprint density at radius 1 is 1.04 bits per heavy atom. The van der Waals surface area contributed by atoms with Gasteiger partial charge in [0.2, 0.25) is 15.9 Å². The summed E-state index contributed by atoms with van der Waals surface area (Å²) >= 11 is 0. The number of nitrogens with one attached hydrogen (secondary N) is 1. The summed E-state index contributed by atoms with van der Waals surface area (Å²) < 4.78 is 27.5. The molecule has 2 unspecified atom stereocenters. The zero-order valence-electron chi connectivity index (χ0n) is 14.4. The fourth-order valence-corrected chi connectivity index (χ4v) is 6.18. The molecule has 3 fully saturated rings. The lowest BCUT2D eigenvalue weighted by Gasteiger charge is -2.38. The maximum Gasteiger partial charge on any atom is 0.225 e. The van der Waals surface area contributed by atoms with Gasteiger partial charge in [0.15, 0.2) is 0 Å². The fraction of sp³-hybridized carbons (Fsp3) is 0.938. The molecule has 140 valence electrons. The number of hydrogen-bond donors (Lipinski definition) is 1. The van der Waals surface area contributed by atoms with Gasteiger partial charge in [0, 0.05) is 44.7 Å². The Bertz CT molecular complexity index is 537. The second-order valence-electron chi connectivity index (χ2n) is 7.29. The van der Waals surface area contributed by atoms with Gasteiger partial charge in [0.1, 0.15) is 0 Å². The Kier molecular flexibility index (Phi) is 6.93. The third-order valence-corrected chi connectivity index (χ3v) is 7.79. The standard InChI is InChI=1S/C16H29N3O3S.ClH/c1-13-11-19(10-8-17-13)23(21,22)15-7-4-9-18(12-15)16(20)14-5-2-3-6-14;/h13-15,17H,2-12H2,1H3;1H. The molecule has 1 saturated carbocycles. The predicted molar refractivity (Wildman–Crippen MR) is 96.8 cm³/mol. The van der Waals surface area contributed by atoms with Crippen molar-refractivity contribution in [3.63, 3.8) is 0 Å². The Labute approximate surface area is 151 Å². The Morgan fingerprint density at radius 3 is 2.42 bits per heavy atom. The number of rotatable bonds is 3. The molecule has 24 heavy (non-hydrogen) atoms. The SMILES string of the molecule is CC1CN(S(=O)(=O)C2CCCN(C(=O)C3CCCC3)C2)CCN1.Cl. The molecule has 2 aliphatic heterocycles. The van der Waals surface area contributed by atoms with E-state index in [1.54, 1.807) is 4.31 Å². The van der Waals surface area contributed by atoms with E-state index in [2.05, 4.69) is 5.32 Å². The van der Waals surface area contributed by atoms with Gasteiger partial charge in [0.25, 0.3) is 0 Å². The van der Waals surface area contributed by atoms with Crippen LogP contribution in [0, 0.1) is 5.92 Å². The number of carbonyl (C=O) groups is 1. The summed E-state index contributed by atoms with van der Waals surface area (Å²) in [6.07, 6.45) is 5.68. The van der Waals surface area contributed by atoms with E-state index in [0.717, 1.165) is 38.6 Å². The first kappa shape index (κ1) is 19.9. The molecule has 1 aliphatic carbocycles. The molecular weight excluding hydrogens is 350 g/mol. The molecule has 0 aromatic heterocycles. The summed E-state index contributed by atoms with van der Waals surface area (Å²) in [5, 5.41) is 2.86. The number of sulfonamides is 1. The molecule has 1 N–H and O–H groups in total. The van der Waals surface area contributed by atoms with Gasteiger partial charge >= 0.3 is 0 Å². The van der Waals surface area contributed by atoms with Crippen LogP contribution in [0.3, 0.4) is 0 Å². The number of piperidine rings is 1. The average molecular weight is 380 g/mol. The Balaban J connectivity index is 0.00000208. The minimum Gasteiger partial charge on any atom is -0.341 e. The maximum atomic E-state index is 12.9. The largest absolute Gasteiger partial charge is 0.341 e. The van der Waals surface area contributed by atoms with Crippen LogP contribution in [0.5, 0.6) is 0 Å². The zero-order valence-corrected chi connectivity index (χ0v) is 16.1. The van der Waals surface area contributed by atoms with Crippen LogP contribution < -0.4 is 5.32 Å². The van der Waals surface area contributed by atoms with Crippen LogP contribution in [0.1, 0.15) is 45.4 Å². The summed E-state index contributed by atoms with van der Waals surface area (Å²) in [5.74, 6) is 0.326. The molecule has 2 saturated heterocycles. The quantitative estimate of drug-likeness (QED) is 0.800. The van der Waals surface area contributed by atoms with E-state index in [0.29, 0.717) is 32.6 Å². The van der Waals surface area contributed by atoms with Crippen molar-refractivity contribution < 1.29 is 13.2 Å². The molecule has 0 radical (unpaired) electrons. The van der Waals surface area contributed by atoms with Crippen LogP contribution in [0.4, 0.5) is 0 Å². The number of likely N-dealkylation sites (tertiary alicyclic amines) is 1. The van der Waals surface area contributed by atoms with Crippen molar-refractivity contribution in [1.82, 2.24) is 14.5 Å². The molecule has 0 aromatic carbocycles. The van der Waals surface area contributed by atoms with E-state index in [9.17, 15) is 13.2 Å². The van der Waals surface area contributed by atoms with Gasteiger partial charge in [-0.2, -0.15) is 4.31 Å². The molecule has 1 amide bonds. The van der Waals surface area contributed by atoms with Gasteiger partial charge in [-0.3, -0.25) is 4.79 Å². The second-order valence-corrected chi connectivity index (χ2v) is 9.50. The van der Waals surface area contributed by atoms with Crippen molar-refractivity contribution in [2.75, 3.05) is 32.7 Å². The summed E-state index contributed by atoms with van der Waals surface area (Å²) in [6, 6.07) is 0.193. The van der Waals surface area contributed by atoms with Crippen molar-refractivity contribution >= 4 is 28.3 Å². The topological polar surface area (TPSA) is 69.7 Å². The third-order valence-electron chi connectivity index (χ3n) is 5.51. The lowest BCUT2D eigenvalue weighted by atomic mass is 10.0. The minimum atomic E-state index is -3.31. The van der Waals surface area contributed by atoms with Gasteiger partial charge in [-0.15, -0.1) is 12.4 Å². The van der Waals surface area contributed by atoms with Crippen LogP contribution in [-0.4, -0.2) is 67.5 Å². The van der Waals surface area contributed by atoms with Gasteiger partial charge in [-0.25, -0.2) is 8.42 Å². The Morgan fingerprint density at radius 2 is 1.75 bits per heavy atom.